The van der Waals surface area contributed by atoms with E-state index in [1.165, 1.54) is 64.9 Å². The quantitative estimate of drug-likeness (QED) is 0.416. The van der Waals surface area contributed by atoms with Crippen molar-refractivity contribution >= 4 is 68.5 Å². The molecule has 4 heteroatoms. The van der Waals surface area contributed by atoms with E-state index in [0.717, 1.165) is 0 Å². The number of thiophene rings is 1. The molecule has 0 saturated heterocycles. The molecule has 1 aliphatic rings. The second kappa shape index (κ2) is 7.31. The third-order valence-corrected chi connectivity index (χ3v) is 7.65. The first kappa shape index (κ1) is 20.5. The topological polar surface area (TPSA) is 12.0 Å². The van der Waals surface area contributed by atoms with Crippen LogP contribution in [0.2, 0.25) is 0 Å². The largest absolute Gasteiger partial charge is 0.356 e. The molecule has 3 aromatic carbocycles. The van der Waals surface area contributed by atoms with Gasteiger partial charge in [0.05, 0.1) is 0 Å². The molecule has 0 bridgehead atoms. The fourth-order valence-electron chi connectivity index (χ4n) is 4.42. The fourth-order valence-corrected chi connectivity index (χ4v) is 5.59. The lowest BCUT2D eigenvalue weighted by Crippen LogP contribution is -2.41. The van der Waals surface area contributed by atoms with Crippen molar-refractivity contribution in [3.63, 3.8) is 0 Å². The maximum Gasteiger partial charge on any atom is 0.205 e. The van der Waals surface area contributed by atoms with Crippen LogP contribution in [0.25, 0.3) is 10.1 Å². The van der Waals surface area contributed by atoms with Crippen molar-refractivity contribution < 1.29 is 0 Å². The van der Waals surface area contributed by atoms with Crippen LogP contribution in [0, 0.1) is 20.8 Å². The van der Waals surface area contributed by atoms with Crippen molar-refractivity contribution in [2.75, 3.05) is 5.32 Å². The average molecular weight is 419 g/mol. The number of rotatable bonds is 2. The van der Waals surface area contributed by atoms with E-state index in [-0.39, 0.29) is 5.41 Å². The average Bonchev–Trinajstić information content (AvgIpc) is 3.02. The fraction of sp³-hybridized carbons (Fsp3) is 0.259. The monoisotopic (exact) mass is 419 g/mol. The van der Waals surface area contributed by atoms with Gasteiger partial charge >= 0.3 is 0 Å². The lowest BCUT2D eigenvalue weighted by molar-refractivity contribution is 0.590. The lowest BCUT2D eigenvalue weighted by Gasteiger charge is -2.28. The van der Waals surface area contributed by atoms with Crippen LogP contribution >= 0.6 is 11.3 Å². The molecule has 152 valence electrons. The van der Waals surface area contributed by atoms with Crippen molar-refractivity contribution in [2.45, 2.75) is 47.0 Å². The zero-order chi connectivity index (χ0) is 21.9. The Morgan fingerprint density at radius 1 is 0.903 bits per heavy atom. The van der Waals surface area contributed by atoms with Crippen molar-refractivity contribution in [3.8, 4) is 0 Å². The molecular weight excluding hydrogens is 392 g/mol. The van der Waals surface area contributed by atoms with Gasteiger partial charge in [-0.2, -0.15) is 11.3 Å². The second-order valence-electron chi connectivity index (χ2n) is 9.80. The first-order valence-corrected chi connectivity index (χ1v) is 11.8. The van der Waals surface area contributed by atoms with Gasteiger partial charge in [-0.3, -0.25) is 0 Å². The highest BCUT2D eigenvalue weighted by molar-refractivity contribution is 7.28. The minimum absolute atomic E-state index is 0.137. The Morgan fingerprint density at radius 2 is 1.68 bits per heavy atom. The van der Waals surface area contributed by atoms with Gasteiger partial charge in [-0.1, -0.05) is 78.6 Å². The number of fused-ring (bicyclic) bond motifs is 3. The number of hydrogen-bond acceptors (Lipinski definition) is 2. The minimum Gasteiger partial charge on any atom is -0.356 e. The van der Waals surface area contributed by atoms with Gasteiger partial charge in [0.25, 0.3) is 0 Å². The van der Waals surface area contributed by atoms with E-state index in [1.54, 1.807) is 0 Å². The van der Waals surface area contributed by atoms with Crippen LogP contribution in [0.1, 0.15) is 43.0 Å². The minimum atomic E-state index is 0.137. The highest BCUT2D eigenvalue weighted by Crippen LogP contribution is 2.28. The smallest absolute Gasteiger partial charge is 0.205 e. The Balaban J connectivity index is 1.51. The number of nitrogens with one attached hydrogen (secondary N) is 1. The summed E-state index contributed by atoms with van der Waals surface area (Å²) in [5.41, 5.74) is 11.8. The number of aryl methyl sites for hydroxylation is 3. The van der Waals surface area contributed by atoms with Crippen LogP contribution in [0.15, 0.2) is 48.5 Å². The molecule has 1 nitrogen and oxygen atoms in total. The van der Waals surface area contributed by atoms with Crippen LogP contribution in [-0.4, -0.2) is 14.6 Å². The van der Waals surface area contributed by atoms with Gasteiger partial charge in [-0.05, 0) is 65.7 Å². The number of anilines is 2. The maximum absolute atomic E-state index is 3.72. The second-order valence-corrected chi connectivity index (χ2v) is 10.9. The van der Waals surface area contributed by atoms with Gasteiger partial charge in [-0.25, -0.2) is 0 Å². The molecule has 4 aromatic rings. The van der Waals surface area contributed by atoms with Crippen molar-refractivity contribution in [2.24, 2.45) is 0 Å². The Labute approximate surface area is 191 Å². The summed E-state index contributed by atoms with van der Waals surface area (Å²) >= 11 is 1.88. The summed E-state index contributed by atoms with van der Waals surface area (Å²) in [6, 6.07) is 18.0. The van der Waals surface area contributed by atoms with Crippen LogP contribution in [-0.2, 0) is 5.41 Å². The van der Waals surface area contributed by atoms with Crippen LogP contribution < -0.4 is 26.5 Å². The van der Waals surface area contributed by atoms with Gasteiger partial charge < -0.3 is 5.32 Å². The first-order chi connectivity index (χ1) is 14.7. The summed E-state index contributed by atoms with van der Waals surface area (Å²) in [5.74, 6) is 0. The molecule has 2 heterocycles. The highest BCUT2D eigenvalue weighted by Gasteiger charge is 2.23. The number of benzene rings is 3. The zero-order valence-corrected chi connectivity index (χ0v) is 20.0. The third-order valence-electron chi connectivity index (χ3n) is 6.43. The molecule has 2 radical (unpaired) electrons. The Hall–Kier alpha value is -2.45. The zero-order valence-electron chi connectivity index (χ0n) is 19.2. The van der Waals surface area contributed by atoms with Crippen LogP contribution in [0.4, 0.5) is 11.4 Å². The van der Waals surface area contributed by atoms with E-state index in [0.29, 0.717) is 0 Å². The standard InChI is InChI=1S/C27H27B2NS/c1-15-12-22-21(28-25-16(2)11-18(27(4,5)6)13-23(25)30-22)14-20(15)29-26-17(3)19-9-7-8-10-24(19)31-26/h7-14,30H,1-6H3. The molecule has 0 aliphatic carbocycles. The molecular formula is C27H27B2NS. The Kier molecular flexibility index (Phi) is 4.82. The summed E-state index contributed by atoms with van der Waals surface area (Å²) < 4.78 is 2.70. The molecule has 0 fully saturated rings. The van der Waals surface area contributed by atoms with E-state index in [9.17, 15) is 0 Å². The SMILES string of the molecule is Cc1cc2c(cc1[B]c1sc3ccccc3c1C)[B]c1c(C)cc(C(C)(C)C)cc1N2. The van der Waals surface area contributed by atoms with Crippen molar-refractivity contribution in [1.82, 2.24) is 0 Å². The maximum atomic E-state index is 3.72. The van der Waals surface area contributed by atoms with E-state index in [1.807, 2.05) is 11.3 Å². The molecule has 0 amide bonds. The van der Waals surface area contributed by atoms with Gasteiger partial charge in [0.1, 0.15) is 0 Å². The summed E-state index contributed by atoms with van der Waals surface area (Å²) in [5, 5.41) is 5.08. The molecule has 1 aromatic heterocycles. The summed E-state index contributed by atoms with van der Waals surface area (Å²) in [7, 11) is 4.70. The van der Waals surface area contributed by atoms with E-state index in [2.05, 4.69) is 110 Å². The van der Waals surface area contributed by atoms with Crippen LogP contribution in [0.3, 0.4) is 0 Å². The van der Waals surface area contributed by atoms with Gasteiger partial charge in [0.15, 0.2) is 7.28 Å². The molecule has 31 heavy (non-hydrogen) atoms. The molecule has 5 rings (SSSR count). The first-order valence-electron chi connectivity index (χ1n) is 10.9. The summed E-state index contributed by atoms with van der Waals surface area (Å²) in [6.45, 7) is 13.5. The van der Waals surface area contributed by atoms with Crippen LogP contribution in [0.5, 0.6) is 0 Å². The van der Waals surface area contributed by atoms with Gasteiger partial charge in [0.2, 0.25) is 7.28 Å². The van der Waals surface area contributed by atoms with E-state index in [4.69, 9.17) is 0 Å². The highest BCUT2D eigenvalue weighted by atomic mass is 32.1. The summed E-state index contributed by atoms with van der Waals surface area (Å²) in [6.07, 6.45) is 0. The normalized spacial score (nSPS) is 12.7. The number of hydrogen-bond donors (Lipinski definition) is 1. The lowest BCUT2D eigenvalue weighted by atomic mass is 9.56. The molecule has 1 N–H and O–H groups in total. The van der Waals surface area contributed by atoms with E-state index >= 15 is 0 Å². The predicted octanol–water partition coefficient (Wildman–Crippen LogP) is 4.49. The third kappa shape index (κ3) is 3.61. The molecule has 1 aliphatic heterocycles. The van der Waals surface area contributed by atoms with Crippen molar-refractivity contribution in [3.05, 3.63) is 70.8 Å². The molecule has 0 atom stereocenters. The molecule has 0 spiro atoms. The van der Waals surface area contributed by atoms with E-state index < -0.39 is 0 Å². The Morgan fingerprint density at radius 3 is 2.42 bits per heavy atom. The van der Waals surface area contributed by atoms with Gasteiger partial charge in [-0.15, -0.1) is 0 Å². The Bertz CT molecular complexity index is 1330. The summed E-state index contributed by atoms with van der Waals surface area (Å²) in [4.78, 5) is 0. The molecule has 0 saturated carbocycles. The predicted molar refractivity (Wildman–Crippen MR) is 141 cm³/mol. The van der Waals surface area contributed by atoms with Crippen molar-refractivity contribution in [1.29, 1.82) is 0 Å². The van der Waals surface area contributed by atoms with Gasteiger partial charge in [0, 0.05) is 16.1 Å². The molecule has 0 unspecified atom stereocenters.